The van der Waals surface area contributed by atoms with E-state index >= 15 is 0 Å². The zero-order chi connectivity index (χ0) is 29.4. The number of carbonyl (C=O) groups excluding carboxylic acids is 3. The van der Waals surface area contributed by atoms with Crippen molar-refractivity contribution in [2.75, 3.05) is 58.9 Å². The Kier molecular flexibility index (Phi) is 10.4. The molecule has 0 spiro atoms. The van der Waals surface area contributed by atoms with Crippen LogP contribution in [0.4, 0.5) is 5.69 Å². The molecule has 11 nitrogen and oxygen atoms in total. The third-order valence-corrected chi connectivity index (χ3v) is 6.81. The predicted molar refractivity (Wildman–Crippen MR) is 150 cm³/mol. The fourth-order valence-corrected chi connectivity index (χ4v) is 4.78. The number of fused-ring (bicyclic) bond motifs is 4. The SMILES string of the molecule is CC(=O)O.COc1ccc2cc1OCCCN(C(=O)c1ccc(N(C)C)cc1)CC(=O)N[C@H]1CN(C(C)=O)C[C@H]21. The molecule has 3 amide bonds. The van der Waals surface area contributed by atoms with Gasteiger partial charge in [0.15, 0.2) is 11.5 Å². The van der Waals surface area contributed by atoms with Crippen LogP contribution in [0.1, 0.15) is 42.1 Å². The van der Waals surface area contributed by atoms with Crippen molar-refractivity contribution in [2.45, 2.75) is 32.2 Å². The highest BCUT2D eigenvalue weighted by molar-refractivity contribution is 5.97. The number of rotatable bonds is 3. The Morgan fingerprint density at radius 3 is 2.33 bits per heavy atom. The number of ether oxygens (including phenoxy) is 2. The summed E-state index contributed by atoms with van der Waals surface area (Å²) in [7, 11) is 5.47. The Morgan fingerprint density at radius 2 is 1.73 bits per heavy atom. The van der Waals surface area contributed by atoms with Crippen LogP contribution < -0.4 is 19.7 Å². The Hall–Kier alpha value is -4.28. The molecule has 216 valence electrons. The van der Waals surface area contributed by atoms with Gasteiger partial charge in [-0.3, -0.25) is 19.2 Å². The number of benzene rings is 2. The number of aliphatic carboxylic acids is 1. The standard InChI is InChI=1S/C27H34N4O5.C2H4O2/c1-18(32)31-15-22-20-8-11-24(35-4)25(14-20)36-13-5-12-30(17-26(33)28-23(22)16-31)27(34)19-6-9-21(10-7-19)29(2)3;1-2(3)4/h6-11,14,22-23H,5,12-13,15-17H2,1-4H3,(H,28,33);1H3,(H,3,4)/t22-,23+;/m1./s1. The van der Waals surface area contributed by atoms with Crippen molar-refractivity contribution in [3.63, 3.8) is 0 Å². The molecule has 2 aromatic carbocycles. The highest BCUT2D eigenvalue weighted by atomic mass is 16.5. The highest BCUT2D eigenvalue weighted by Gasteiger charge is 2.37. The summed E-state index contributed by atoms with van der Waals surface area (Å²) in [5.74, 6) is -0.211. The predicted octanol–water partition coefficient (Wildman–Crippen LogP) is 2.21. The molecule has 0 aliphatic carbocycles. The molecular formula is C29H38N4O7. The van der Waals surface area contributed by atoms with Gasteiger partial charge in [0, 0.05) is 64.7 Å². The summed E-state index contributed by atoms with van der Waals surface area (Å²) in [6, 6.07) is 12.8. The van der Waals surface area contributed by atoms with Gasteiger partial charge in [-0.25, -0.2) is 0 Å². The van der Waals surface area contributed by atoms with Gasteiger partial charge in [-0.05, 0) is 48.4 Å². The van der Waals surface area contributed by atoms with Crippen LogP contribution in [-0.4, -0.2) is 98.6 Å². The van der Waals surface area contributed by atoms with Gasteiger partial charge in [-0.2, -0.15) is 0 Å². The lowest BCUT2D eigenvalue weighted by Crippen LogP contribution is -2.47. The van der Waals surface area contributed by atoms with E-state index in [4.69, 9.17) is 19.4 Å². The van der Waals surface area contributed by atoms with Crippen LogP contribution in [0, 0.1) is 0 Å². The molecule has 0 unspecified atom stereocenters. The molecule has 0 saturated carbocycles. The fourth-order valence-electron chi connectivity index (χ4n) is 4.78. The van der Waals surface area contributed by atoms with E-state index in [9.17, 15) is 14.4 Å². The van der Waals surface area contributed by atoms with Crippen molar-refractivity contribution in [3.05, 3.63) is 53.6 Å². The highest BCUT2D eigenvalue weighted by Crippen LogP contribution is 2.35. The summed E-state index contributed by atoms with van der Waals surface area (Å²) in [5.41, 5.74) is 2.47. The van der Waals surface area contributed by atoms with Crippen molar-refractivity contribution in [3.8, 4) is 11.5 Å². The Balaban J connectivity index is 0.00000103. The van der Waals surface area contributed by atoms with E-state index < -0.39 is 5.97 Å². The number of amides is 3. The molecule has 0 aromatic heterocycles. The zero-order valence-electron chi connectivity index (χ0n) is 23.7. The minimum Gasteiger partial charge on any atom is -0.493 e. The summed E-state index contributed by atoms with van der Waals surface area (Å²) in [6.45, 7) is 4.17. The average Bonchev–Trinajstić information content (AvgIpc) is 3.33. The van der Waals surface area contributed by atoms with Gasteiger partial charge < -0.3 is 34.6 Å². The number of carboxylic acids is 1. The smallest absolute Gasteiger partial charge is 0.300 e. The molecule has 2 heterocycles. The third-order valence-electron chi connectivity index (χ3n) is 6.81. The Morgan fingerprint density at radius 1 is 1.05 bits per heavy atom. The average molecular weight is 555 g/mol. The van der Waals surface area contributed by atoms with E-state index in [0.717, 1.165) is 18.2 Å². The van der Waals surface area contributed by atoms with Gasteiger partial charge in [0.05, 0.1) is 26.3 Å². The largest absolute Gasteiger partial charge is 0.493 e. The molecule has 2 atom stereocenters. The topological polar surface area (TPSA) is 129 Å². The van der Waals surface area contributed by atoms with Crippen molar-refractivity contribution in [2.24, 2.45) is 0 Å². The van der Waals surface area contributed by atoms with Crippen LogP contribution >= 0.6 is 0 Å². The molecule has 0 radical (unpaired) electrons. The van der Waals surface area contributed by atoms with Gasteiger partial charge in [-0.15, -0.1) is 0 Å². The third kappa shape index (κ3) is 7.87. The normalized spacial score (nSPS) is 18.8. The van der Waals surface area contributed by atoms with E-state index in [-0.39, 0.29) is 36.2 Å². The number of hydrogen-bond acceptors (Lipinski definition) is 7. The van der Waals surface area contributed by atoms with E-state index in [0.29, 0.717) is 49.7 Å². The monoisotopic (exact) mass is 554 g/mol. The lowest BCUT2D eigenvalue weighted by molar-refractivity contribution is -0.134. The number of likely N-dealkylation sites (tertiary alicyclic amines) is 1. The first-order valence-electron chi connectivity index (χ1n) is 13.1. The zero-order valence-corrected chi connectivity index (χ0v) is 23.7. The molecule has 4 rings (SSSR count). The summed E-state index contributed by atoms with van der Waals surface area (Å²) in [4.78, 5) is 52.9. The minimum absolute atomic E-state index is 0.0409. The number of carboxylic acid groups (broad SMARTS) is 1. The molecule has 2 N–H and O–H groups in total. The van der Waals surface area contributed by atoms with Gasteiger partial charge in [0.2, 0.25) is 11.8 Å². The molecule has 11 heteroatoms. The maximum absolute atomic E-state index is 13.4. The maximum atomic E-state index is 13.4. The maximum Gasteiger partial charge on any atom is 0.300 e. The second kappa shape index (κ2) is 13.7. The van der Waals surface area contributed by atoms with Crippen molar-refractivity contribution < 1.29 is 33.8 Å². The van der Waals surface area contributed by atoms with Crippen LogP contribution in [0.15, 0.2) is 42.5 Å². The summed E-state index contributed by atoms with van der Waals surface area (Å²) >= 11 is 0. The Bertz CT molecular complexity index is 1210. The Labute approximate surface area is 234 Å². The first kappa shape index (κ1) is 30.3. The summed E-state index contributed by atoms with van der Waals surface area (Å²) < 4.78 is 11.5. The fraction of sp³-hybridized carbons (Fsp3) is 0.448. The second-order valence-electron chi connectivity index (χ2n) is 10.0. The lowest BCUT2D eigenvalue weighted by Gasteiger charge is -2.25. The number of nitrogens with one attached hydrogen (secondary N) is 1. The van der Waals surface area contributed by atoms with E-state index in [1.807, 2.05) is 49.3 Å². The molecule has 1 fully saturated rings. The van der Waals surface area contributed by atoms with Crippen LogP contribution in [-0.2, 0) is 14.4 Å². The molecule has 1 saturated heterocycles. The molecular weight excluding hydrogens is 516 g/mol. The number of nitrogens with zero attached hydrogens (tertiary/aromatic N) is 3. The summed E-state index contributed by atoms with van der Waals surface area (Å²) in [6.07, 6.45) is 0.549. The van der Waals surface area contributed by atoms with Gasteiger partial charge in [-0.1, -0.05) is 6.07 Å². The number of carbonyl (C=O) groups is 4. The van der Waals surface area contributed by atoms with Crippen molar-refractivity contribution in [1.82, 2.24) is 15.1 Å². The van der Waals surface area contributed by atoms with E-state index in [1.54, 1.807) is 29.0 Å². The van der Waals surface area contributed by atoms with Gasteiger partial charge in [0.1, 0.15) is 0 Å². The molecule has 2 aliphatic heterocycles. The minimum atomic E-state index is -0.833. The van der Waals surface area contributed by atoms with Crippen LogP contribution in [0.5, 0.6) is 11.5 Å². The first-order valence-corrected chi connectivity index (χ1v) is 13.1. The van der Waals surface area contributed by atoms with Gasteiger partial charge in [0.25, 0.3) is 11.9 Å². The van der Waals surface area contributed by atoms with Gasteiger partial charge >= 0.3 is 0 Å². The lowest BCUT2D eigenvalue weighted by atomic mass is 9.94. The van der Waals surface area contributed by atoms with Crippen molar-refractivity contribution >= 4 is 29.4 Å². The summed E-state index contributed by atoms with van der Waals surface area (Å²) in [5, 5.41) is 10.5. The molecule has 2 aliphatic rings. The van der Waals surface area contributed by atoms with Crippen LogP contribution in [0.3, 0.4) is 0 Å². The number of hydrogen-bond donors (Lipinski definition) is 2. The van der Waals surface area contributed by atoms with E-state index in [2.05, 4.69) is 5.32 Å². The molecule has 2 aromatic rings. The first-order chi connectivity index (χ1) is 19.0. The molecule has 40 heavy (non-hydrogen) atoms. The van der Waals surface area contributed by atoms with E-state index in [1.165, 1.54) is 6.92 Å². The van der Waals surface area contributed by atoms with Crippen molar-refractivity contribution in [1.29, 1.82) is 0 Å². The van der Waals surface area contributed by atoms with Crippen LogP contribution in [0.25, 0.3) is 0 Å². The number of methoxy groups -OCH3 is 1. The quantitative estimate of drug-likeness (QED) is 0.591. The molecule has 2 bridgehead atoms. The van der Waals surface area contributed by atoms with Crippen LogP contribution in [0.2, 0.25) is 0 Å². The second-order valence-corrected chi connectivity index (χ2v) is 10.0. The number of anilines is 1.